The Morgan fingerprint density at radius 3 is 3.00 bits per heavy atom. The molecule has 1 aliphatic carbocycles. The maximum atomic E-state index is 12.0. The fourth-order valence-corrected chi connectivity index (χ4v) is 2.80. The summed E-state index contributed by atoms with van der Waals surface area (Å²) in [5, 5.41) is 6.53. The maximum absolute atomic E-state index is 12.0. The lowest BCUT2D eigenvalue weighted by Crippen LogP contribution is -2.34. The standard InChI is InChI=1S/C17H18N2O4/c1-11-9-15(23-19-11)17(21)22-10-16(20)18-14-8-4-6-12-5-2-3-7-13(12)14/h2-3,5,7,9,14H,4,6,8,10H2,1H3,(H,18,20)/t14-/m0/s1. The highest BCUT2D eigenvalue weighted by atomic mass is 16.6. The Kier molecular flexibility index (Phi) is 4.41. The van der Waals surface area contributed by atoms with Gasteiger partial charge in [-0.2, -0.15) is 0 Å². The van der Waals surface area contributed by atoms with Crippen molar-refractivity contribution in [2.24, 2.45) is 0 Å². The summed E-state index contributed by atoms with van der Waals surface area (Å²) >= 11 is 0. The molecule has 1 aliphatic rings. The Bertz CT molecular complexity index is 723. The lowest BCUT2D eigenvalue weighted by Gasteiger charge is -2.26. The molecule has 2 aromatic rings. The number of aromatic nitrogens is 1. The van der Waals surface area contributed by atoms with E-state index in [1.165, 1.54) is 11.6 Å². The Hall–Kier alpha value is -2.63. The van der Waals surface area contributed by atoms with Crippen LogP contribution in [0.15, 0.2) is 34.9 Å². The van der Waals surface area contributed by atoms with E-state index in [4.69, 9.17) is 9.26 Å². The molecule has 1 aromatic carbocycles. The fraction of sp³-hybridized carbons (Fsp3) is 0.353. The SMILES string of the molecule is Cc1cc(C(=O)OCC(=O)N[C@H]2CCCc3ccccc32)on1. The number of hydrogen-bond acceptors (Lipinski definition) is 5. The van der Waals surface area contributed by atoms with Crippen molar-refractivity contribution in [2.75, 3.05) is 6.61 Å². The zero-order valence-electron chi connectivity index (χ0n) is 12.9. The molecule has 0 fully saturated rings. The van der Waals surface area contributed by atoms with Crippen LogP contribution in [0.5, 0.6) is 0 Å². The monoisotopic (exact) mass is 314 g/mol. The van der Waals surface area contributed by atoms with Crippen LogP contribution in [0.4, 0.5) is 0 Å². The van der Waals surface area contributed by atoms with Crippen molar-refractivity contribution in [3.05, 3.63) is 52.9 Å². The maximum Gasteiger partial charge on any atom is 0.377 e. The number of hydrogen-bond donors (Lipinski definition) is 1. The number of rotatable bonds is 4. The number of carbonyl (C=O) groups is 2. The van der Waals surface area contributed by atoms with Crippen molar-refractivity contribution in [2.45, 2.75) is 32.2 Å². The predicted octanol–water partition coefficient (Wildman–Crippen LogP) is 2.33. The first-order valence-electron chi connectivity index (χ1n) is 7.61. The summed E-state index contributed by atoms with van der Waals surface area (Å²) in [5.74, 6) is -1.01. The van der Waals surface area contributed by atoms with Crippen LogP contribution in [-0.2, 0) is 16.0 Å². The van der Waals surface area contributed by atoms with Gasteiger partial charge < -0.3 is 14.6 Å². The third-order valence-electron chi connectivity index (χ3n) is 3.87. The van der Waals surface area contributed by atoms with Crippen molar-refractivity contribution < 1.29 is 18.8 Å². The molecule has 3 rings (SSSR count). The van der Waals surface area contributed by atoms with Crippen LogP contribution in [0.2, 0.25) is 0 Å². The lowest BCUT2D eigenvalue weighted by atomic mass is 9.88. The van der Waals surface area contributed by atoms with Crippen LogP contribution in [0.3, 0.4) is 0 Å². The molecule has 23 heavy (non-hydrogen) atoms. The van der Waals surface area contributed by atoms with Gasteiger partial charge in [0.1, 0.15) is 0 Å². The number of ether oxygens (including phenoxy) is 1. The van der Waals surface area contributed by atoms with Crippen LogP contribution in [0, 0.1) is 6.92 Å². The van der Waals surface area contributed by atoms with Crippen molar-refractivity contribution >= 4 is 11.9 Å². The van der Waals surface area contributed by atoms with Crippen LogP contribution in [0.25, 0.3) is 0 Å². The minimum absolute atomic E-state index is 0.00156. The van der Waals surface area contributed by atoms with Gasteiger partial charge in [0, 0.05) is 6.07 Å². The number of fused-ring (bicyclic) bond motifs is 1. The third kappa shape index (κ3) is 3.59. The van der Waals surface area contributed by atoms with Gasteiger partial charge in [0.25, 0.3) is 5.91 Å². The molecule has 1 N–H and O–H groups in total. The molecule has 0 saturated carbocycles. The summed E-state index contributed by atoms with van der Waals surface area (Å²) in [6, 6.07) is 9.53. The molecule has 0 bridgehead atoms. The van der Waals surface area contributed by atoms with Crippen molar-refractivity contribution in [1.29, 1.82) is 0 Å². The van der Waals surface area contributed by atoms with E-state index in [0.29, 0.717) is 5.69 Å². The molecule has 0 saturated heterocycles. The molecular weight excluding hydrogens is 296 g/mol. The van der Waals surface area contributed by atoms with E-state index in [2.05, 4.69) is 16.5 Å². The summed E-state index contributed by atoms with van der Waals surface area (Å²) in [6.45, 7) is 1.37. The van der Waals surface area contributed by atoms with E-state index >= 15 is 0 Å². The molecule has 1 amide bonds. The van der Waals surface area contributed by atoms with Gasteiger partial charge in [-0.15, -0.1) is 0 Å². The second-order valence-corrected chi connectivity index (χ2v) is 5.62. The number of nitrogens with zero attached hydrogens (tertiary/aromatic N) is 1. The van der Waals surface area contributed by atoms with Gasteiger partial charge in [-0.1, -0.05) is 29.4 Å². The van der Waals surface area contributed by atoms with E-state index in [0.717, 1.165) is 24.8 Å². The molecule has 6 heteroatoms. The molecule has 1 heterocycles. The number of aryl methyl sites for hydroxylation is 2. The van der Waals surface area contributed by atoms with Gasteiger partial charge in [0.2, 0.25) is 5.76 Å². The van der Waals surface area contributed by atoms with E-state index in [-0.39, 0.29) is 24.3 Å². The Morgan fingerprint density at radius 1 is 1.39 bits per heavy atom. The molecule has 1 atom stereocenters. The van der Waals surface area contributed by atoms with Crippen molar-refractivity contribution in [3.8, 4) is 0 Å². The molecule has 0 aliphatic heterocycles. The van der Waals surface area contributed by atoms with Crippen molar-refractivity contribution in [3.63, 3.8) is 0 Å². The van der Waals surface area contributed by atoms with Crippen LogP contribution >= 0.6 is 0 Å². The summed E-state index contributed by atoms with van der Waals surface area (Å²) in [4.78, 5) is 23.7. The highest BCUT2D eigenvalue weighted by Crippen LogP contribution is 2.29. The second kappa shape index (κ2) is 6.64. The topological polar surface area (TPSA) is 81.4 Å². The average Bonchev–Trinajstić information content (AvgIpc) is 2.99. The van der Waals surface area contributed by atoms with E-state index < -0.39 is 5.97 Å². The Labute approximate surface area is 133 Å². The first-order chi connectivity index (χ1) is 11.1. The summed E-state index contributed by atoms with van der Waals surface area (Å²) < 4.78 is 9.75. The molecule has 0 radical (unpaired) electrons. The van der Waals surface area contributed by atoms with Crippen LogP contribution < -0.4 is 5.32 Å². The van der Waals surface area contributed by atoms with E-state index in [1.807, 2.05) is 18.2 Å². The van der Waals surface area contributed by atoms with Crippen LogP contribution in [-0.4, -0.2) is 23.6 Å². The molecule has 120 valence electrons. The van der Waals surface area contributed by atoms with Gasteiger partial charge in [0.05, 0.1) is 11.7 Å². The lowest BCUT2D eigenvalue weighted by molar-refractivity contribution is -0.125. The van der Waals surface area contributed by atoms with E-state index in [1.54, 1.807) is 6.92 Å². The molecule has 6 nitrogen and oxygen atoms in total. The first-order valence-corrected chi connectivity index (χ1v) is 7.61. The number of nitrogens with one attached hydrogen (secondary N) is 1. The summed E-state index contributed by atoms with van der Waals surface area (Å²) in [6.07, 6.45) is 2.94. The third-order valence-corrected chi connectivity index (χ3v) is 3.87. The second-order valence-electron chi connectivity index (χ2n) is 5.62. The zero-order valence-corrected chi connectivity index (χ0v) is 12.9. The summed E-state index contributed by atoms with van der Waals surface area (Å²) in [5.41, 5.74) is 2.99. The Balaban J connectivity index is 1.55. The molecule has 0 spiro atoms. The molecule has 1 aromatic heterocycles. The van der Waals surface area contributed by atoms with E-state index in [9.17, 15) is 9.59 Å². The number of amides is 1. The normalized spacial score (nSPS) is 16.5. The molecular formula is C17H18N2O4. The van der Waals surface area contributed by atoms with Gasteiger partial charge in [-0.3, -0.25) is 4.79 Å². The molecule has 0 unspecified atom stereocenters. The van der Waals surface area contributed by atoms with Crippen molar-refractivity contribution in [1.82, 2.24) is 10.5 Å². The minimum atomic E-state index is -0.690. The summed E-state index contributed by atoms with van der Waals surface area (Å²) in [7, 11) is 0. The first kappa shape index (κ1) is 15.3. The number of benzene rings is 1. The van der Waals surface area contributed by atoms with Crippen LogP contribution in [0.1, 0.15) is 46.3 Å². The highest BCUT2D eigenvalue weighted by molar-refractivity contribution is 5.88. The fourth-order valence-electron chi connectivity index (χ4n) is 2.80. The van der Waals surface area contributed by atoms with Gasteiger partial charge in [-0.25, -0.2) is 4.79 Å². The smallest absolute Gasteiger partial charge is 0.377 e. The quantitative estimate of drug-likeness (QED) is 0.876. The largest absolute Gasteiger partial charge is 0.450 e. The van der Waals surface area contributed by atoms with Gasteiger partial charge in [0.15, 0.2) is 6.61 Å². The average molecular weight is 314 g/mol. The Morgan fingerprint density at radius 2 is 2.22 bits per heavy atom. The predicted molar refractivity (Wildman–Crippen MR) is 81.8 cm³/mol. The number of carbonyl (C=O) groups excluding carboxylic acids is 2. The number of esters is 1. The van der Waals surface area contributed by atoms with Gasteiger partial charge >= 0.3 is 5.97 Å². The minimum Gasteiger partial charge on any atom is -0.450 e. The zero-order chi connectivity index (χ0) is 16.2. The highest BCUT2D eigenvalue weighted by Gasteiger charge is 2.22. The van der Waals surface area contributed by atoms with Gasteiger partial charge in [-0.05, 0) is 37.3 Å².